The first-order valence-corrected chi connectivity index (χ1v) is 9.03. The fraction of sp³-hybridized carbons (Fsp3) is 0.400. The third-order valence-electron chi connectivity index (χ3n) is 3.19. The van der Waals surface area contributed by atoms with Gasteiger partial charge in [0.05, 0.1) is 11.3 Å². The van der Waals surface area contributed by atoms with Crippen molar-refractivity contribution in [3.05, 3.63) is 41.5 Å². The lowest BCUT2D eigenvalue weighted by molar-refractivity contribution is -0.120. The molecule has 0 atom stereocenters. The highest BCUT2D eigenvalue weighted by atomic mass is 32.2. The zero-order valence-electron chi connectivity index (χ0n) is 13.6. The first kappa shape index (κ1) is 18.1. The van der Waals surface area contributed by atoms with Crippen LogP contribution in [0.5, 0.6) is 0 Å². The minimum Gasteiger partial charge on any atom is -0.355 e. The molecule has 0 radical (unpaired) electrons. The molecule has 9 heteroatoms. The van der Waals surface area contributed by atoms with Gasteiger partial charge in [0.15, 0.2) is 5.82 Å². The Morgan fingerprint density at radius 1 is 1.25 bits per heavy atom. The fourth-order valence-corrected chi connectivity index (χ4v) is 3.12. The molecule has 2 N–H and O–H groups in total. The van der Waals surface area contributed by atoms with Gasteiger partial charge in [-0.3, -0.25) is 4.79 Å². The molecule has 0 spiro atoms. The molecule has 1 aromatic heterocycles. The third-order valence-corrected chi connectivity index (χ3v) is 4.75. The van der Waals surface area contributed by atoms with Gasteiger partial charge in [0.25, 0.3) is 0 Å². The van der Waals surface area contributed by atoms with Crippen molar-refractivity contribution in [1.29, 1.82) is 0 Å². The highest BCUT2D eigenvalue weighted by Gasteiger charge is 2.12. The zero-order chi connectivity index (χ0) is 17.6. The van der Waals surface area contributed by atoms with E-state index in [1.165, 1.54) is 0 Å². The average Bonchev–Trinajstić information content (AvgIpc) is 2.93. The number of hydrogen-bond acceptors (Lipinski definition) is 6. The molecule has 0 bridgehead atoms. The minimum absolute atomic E-state index is 0.0667. The Hall–Kier alpha value is -2.26. The number of carbonyl (C=O) groups is 1. The van der Waals surface area contributed by atoms with Gasteiger partial charge in [-0.1, -0.05) is 24.2 Å². The second kappa shape index (κ2) is 8.02. The van der Waals surface area contributed by atoms with E-state index in [1.807, 2.05) is 0 Å². The van der Waals surface area contributed by atoms with E-state index in [0.717, 1.165) is 5.56 Å². The normalized spacial score (nSPS) is 11.4. The molecule has 2 rings (SSSR count). The topological polar surface area (TPSA) is 114 Å². The third kappa shape index (κ3) is 5.14. The van der Waals surface area contributed by atoms with Crippen molar-refractivity contribution in [2.24, 2.45) is 0 Å². The van der Waals surface area contributed by atoms with Crippen LogP contribution in [-0.2, 0) is 27.7 Å². The van der Waals surface area contributed by atoms with Crippen LogP contribution in [0, 0.1) is 6.92 Å². The molecule has 2 aromatic rings. The van der Waals surface area contributed by atoms with E-state index in [1.54, 1.807) is 38.1 Å². The molecule has 0 saturated carbocycles. The van der Waals surface area contributed by atoms with Crippen molar-refractivity contribution in [1.82, 2.24) is 20.2 Å². The minimum atomic E-state index is -3.44. The maximum atomic E-state index is 11.8. The van der Waals surface area contributed by atoms with E-state index < -0.39 is 10.0 Å². The summed E-state index contributed by atoms with van der Waals surface area (Å²) < 4.78 is 30.9. The standard InChI is InChI=1S/C15H20N4O4S/c1-3-17-24(21,22)13-6-4-12(5-7-13)8-9-16-15(20)10-14-18-11(2)23-19-14/h4-7,17H,3,8-10H2,1-2H3,(H,16,20). The predicted octanol–water partition coefficient (Wildman–Crippen LogP) is 0.578. The zero-order valence-corrected chi connectivity index (χ0v) is 14.4. The summed E-state index contributed by atoms with van der Waals surface area (Å²) in [5, 5.41) is 6.42. The number of hydrogen-bond donors (Lipinski definition) is 2. The van der Waals surface area contributed by atoms with Crippen LogP contribution in [0.2, 0.25) is 0 Å². The summed E-state index contributed by atoms with van der Waals surface area (Å²) >= 11 is 0. The smallest absolute Gasteiger partial charge is 0.240 e. The molecule has 1 amide bonds. The van der Waals surface area contributed by atoms with Crippen LogP contribution in [0.15, 0.2) is 33.7 Å². The van der Waals surface area contributed by atoms with Crippen LogP contribution in [0.3, 0.4) is 0 Å². The number of aryl methyl sites for hydroxylation is 1. The molecular weight excluding hydrogens is 332 g/mol. The Morgan fingerprint density at radius 3 is 2.54 bits per heavy atom. The van der Waals surface area contributed by atoms with Crippen LogP contribution < -0.4 is 10.0 Å². The lowest BCUT2D eigenvalue weighted by Crippen LogP contribution is -2.27. The van der Waals surface area contributed by atoms with Crippen molar-refractivity contribution >= 4 is 15.9 Å². The first-order chi connectivity index (χ1) is 11.4. The van der Waals surface area contributed by atoms with E-state index in [9.17, 15) is 13.2 Å². The number of carbonyl (C=O) groups excluding carboxylic acids is 1. The lowest BCUT2D eigenvalue weighted by Gasteiger charge is -2.07. The molecule has 0 fully saturated rings. The number of benzene rings is 1. The van der Waals surface area contributed by atoms with E-state index >= 15 is 0 Å². The molecule has 0 aliphatic rings. The summed E-state index contributed by atoms with van der Waals surface area (Å²) in [4.78, 5) is 15.9. The number of rotatable bonds is 8. The molecular formula is C15H20N4O4S. The van der Waals surface area contributed by atoms with Gasteiger partial charge in [0.1, 0.15) is 0 Å². The van der Waals surface area contributed by atoms with Gasteiger partial charge < -0.3 is 9.84 Å². The second-order valence-electron chi connectivity index (χ2n) is 5.15. The van der Waals surface area contributed by atoms with Crippen molar-refractivity contribution in [3.8, 4) is 0 Å². The van der Waals surface area contributed by atoms with E-state index in [2.05, 4.69) is 20.2 Å². The number of nitrogens with zero attached hydrogens (tertiary/aromatic N) is 2. The Kier molecular flexibility index (Phi) is 6.04. The Bertz CT molecular complexity index is 784. The Labute approximate surface area is 140 Å². The van der Waals surface area contributed by atoms with Gasteiger partial charge in [-0.2, -0.15) is 4.98 Å². The van der Waals surface area contributed by atoms with Gasteiger partial charge in [0.2, 0.25) is 21.8 Å². The van der Waals surface area contributed by atoms with Crippen LogP contribution in [0.25, 0.3) is 0 Å². The molecule has 130 valence electrons. The van der Waals surface area contributed by atoms with E-state index in [4.69, 9.17) is 4.52 Å². The van der Waals surface area contributed by atoms with Gasteiger partial charge in [-0.05, 0) is 24.1 Å². The molecule has 0 saturated heterocycles. The molecule has 0 aliphatic heterocycles. The summed E-state index contributed by atoms with van der Waals surface area (Å²) in [6.07, 6.45) is 0.662. The number of nitrogens with one attached hydrogen (secondary N) is 2. The quantitative estimate of drug-likeness (QED) is 0.718. The molecule has 1 heterocycles. The molecule has 24 heavy (non-hydrogen) atoms. The second-order valence-corrected chi connectivity index (χ2v) is 6.92. The molecule has 8 nitrogen and oxygen atoms in total. The maximum Gasteiger partial charge on any atom is 0.240 e. The summed E-state index contributed by atoms with van der Waals surface area (Å²) in [6.45, 7) is 4.17. The van der Waals surface area contributed by atoms with Crippen LogP contribution >= 0.6 is 0 Å². The van der Waals surface area contributed by atoms with Crippen molar-refractivity contribution in [2.45, 2.75) is 31.6 Å². The van der Waals surface area contributed by atoms with Crippen molar-refractivity contribution in [3.63, 3.8) is 0 Å². The van der Waals surface area contributed by atoms with E-state index in [0.29, 0.717) is 31.2 Å². The first-order valence-electron chi connectivity index (χ1n) is 7.55. The highest BCUT2D eigenvalue weighted by Crippen LogP contribution is 2.10. The summed E-state index contributed by atoms with van der Waals surface area (Å²) in [5.74, 6) is 0.579. The van der Waals surface area contributed by atoms with Crippen molar-refractivity contribution < 1.29 is 17.7 Å². The fourth-order valence-electron chi connectivity index (χ4n) is 2.07. The van der Waals surface area contributed by atoms with Gasteiger partial charge in [-0.15, -0.1) is 0 Å². The Morgan fingerprint density at radius 2 is 1.96 bits per heavy atom. The van der Waals surface area contributed by atoms with Gasteiger partial charge >= 0.3 is 0 Å². The average molecular weight is 352 g/mol. The lowest BCUT2D eigenvalue weighted by atomic mass is 10.1. The van der Waals surface area contributed by atoms with E-state index in [-0.39, 0.29) is 17.2 Å². The predicted molar refractivity (Wildman–Crippen MR) is 86.8 cm³/mol. The summed E-state index contributed by atoms with van der Waals surface area (Å²) in [6, 6.07) is 6.58. The molecule has 0 aliphatic carbocycles. The Balaban J connectivity index is 1.81. The highest BCUT2D eigenvalue weighted by molar-refractivity contribution is 7.89. The van der Waals surface area contributed by atoms with Gasteiger partial charge in [0, 0.05) is 20.0 Å². The van der Waals surface area contributed by atoms with Gasteiger partial charge in [-0.25, -0.2) is 13.1 Å². The molecule has 1 aromatic carbocycles. The monoisotopic (exact) mass is 352 g/mol. The maximum absolute atomic E-state index is 11.8. The summed E-state index contributed by atoms with van der Waals surface area (Å²) in [7, 11) is -3.44. The largest absolute Gasteiger partial charge is 0.355 e. The number of aromatic nitrogens is 2. The SMILES string of the molecule is CCNS(=O)(=O)c1ccc(CCNC(=O)Cc2noc(C)n2)cc1. The van der Waals surface area contributed by atoms with Crippen LogP contribution in [0.1, 0.15) is 24.2 Å². The summed E-state index contributed by atoms with van der Waals surface area (Å²) in [5.41, 5.74) is 0.932. The molecule has 0 unspecified atom stereocenters. The van der Waals surface area contributed by atoms with Crippen LogP contribution in [0.4, 0.5) is 0 Å². The number of amides is 1. The van der Waals surface area contributed by atoms with Crippen LogP contribution in [-0.4, -0.2) is 37.6 Å². The number of sulfonamides is 1. The van der Waals surface area contributed by atoms with Crippen molar-refractivity contribution in [2.75, 3.05) is 13.1 Å².